The number of carbonyl (C=O) groups excluding carboxylic acids is 2. The Bertz CT molecular complexity index is 1940. The van der Waals surface area contributed by atoms with Gasteiger partial charge in [0.2, 0.25) is 11.8 Å². The number of hydrogen-bond donors (Lipinski definition) is 11. The molecule has 0 unspecified atom stereocenters. The van der Waals surface area contributed by atoms with E-state index < -0.39 is 104 Å². The van der Waals surface area contributed by atoms with E-state index in [1.54, 1.807) is 0 Å². The first-order valence-electron chi connectivity index (χ1n) is 26.0. The number of nitrogens with two attached hydrogens (primary N) is 1. The van der Waals surface area contributed by atoms with E-state index >= 15 is 0 Å². The quantitative estimate of drug-likeness (QED) is 0.0232. The Labute approximate surface area is 467 Å². The van der Waals surface area contributed by atoms with Crippen molar-refractivity contribution in [3.8, 4) is 0 Å². The van der Waals surface area contributed by atoms with Crippen molar-refractivity contribution < 1.29 is 123 Å². The minimum atomic E-state index is -4.77. The van der Waals surface area contributed by atoms with Crippen molar-refractivity contribution in [3.05, 3.63) is 36.2 Å². The largest absolute Gasteiger partial charge is 0.434 e. The molecular weight excluding hydrogens is 1120 g/mol. The highest BCUT2D eigenvalue weighted by Crippen LogP contribution is 2.31. The van der Waals surface area contributed by atoms with Crippen LogP contribution in [0, 0.1) is 0 Å². The van der Waals surface area contributed by atoms with E-state index in [2.05, 4.69) is 41.2 Å². The van der Waals surface area contributed by atoms with Gasteiger partial charge in [0.15, 0.2) is 24.0 Å². The average Bonchev–Trinajstić information content (AvgIpc) is 3.61. The van der Waals surface area contributed by atoms with E-state index in [0.29, 0.717) is 12.4 Å². The van der Waals surface area contributed by atoms with Gasteiger partial charge in [-0.05, 0) is 0 Å². The Kier molecular flexibility index (Phi) is 32.8. The lowest BCUT2D eigenvalue weighted by Gasteiger charge is -2.42. The summed E-state index contributed by atoms with van der Waals surface area (Å²) in [6.07, 6.45) is -17.8. The minimum Gasteiger partial charge on any atom is -0.394 e. The average molecular weight is 1200 g/mol. The van der Waals surface area contributed by atoms with Crippen LogP contribution in [0.15, 0.2) is 24.8 Å². The number of alkyl halides is 6. The standard InChI is InChI=1S/C47H75F6N9O20/c48-46(49,50)32-21-55-23-34(59-32)61-38-42(69)40(67)30(25-63)81-44(38)79-19-17-75-15-13-73-11-9-71-7-3-57-36(65)1-5-77-27-29(54)28-78-6-2-37(66)58-4-8-72-10-12-74-14-16-76-18-20-80-45-39(43(70)41(68)31(26-64)82-45)62-35-24-56-22-33(60-35)47(51,52)53/h21-24,29-31,38-45,63-64,67-70H,1-20,25-28,54H2,(H,57,65)(H,58,66)(H,59,61)(H,60,62)/t30-,31-,38-,39-,40+,41+,42-,43-,44-,45-/m1/s1. The molecule has 2 saturated heterocycles. The zero-order valence-electron chi connectivity index (χ0n) is 44.7. The van der Waals surface area contributed by atoms with Crippen molar-refractivity contribution in [2.45, 2.75) is 92.5 Å². The molecule has 10 atom stereocenters. The number of carbonyl (C=O) groups is 2. The molecular formula is C47H75F6N9O20. The SMILES string of the molecule is NC(COCCC(=O)NCCOCCOCCOCCO[C@@H]1O[C@H](CO)[C@H](O)[C@H](O)[C@H]1Nc1cncc(C(F)(F)F)n1)COCCC(=O)NCCOCCOCCOCCO[C@@H]1O[C@H](CO)[C@H](O)[C@H](O)[C@H]1Nc1cncc(C(F)(F)F)n1. The molecule has 29 nitrogen and oxygen atoms in total. The molecule has 470 valence electrons. The number of aliphatic hydroxyl groups excluding tert-OH is 6. The van der Waals surface area contributed by atoms with Crippen molar-refractivity contribution >= 4 is 23.5 Å². The fourth-order valence-corrected chi connectivity index (χ4v) is 7.32. The summed E-state index contributed by atoms with van der Waals surface area (Å²) >= 11 is 0. The summed E-state index contributed by atoms with van der Waals surface area (Å²) in [5.74, 6) is -1.22. The lowest BCUT2D eigenvalue weighted by atomic mass is 9.97. The number of rotatable bonds is 42. The molecule has 0 saturated carbocycles. The third-order valence-corrected chi connectivity index (χ3v) is 11.5. The predicted octanol–water partition coefficient (Wildman–Crippen LogP) is -3.05. The lowest BCUT2D eigenvalue weighted by molar-refractivity contribution is -0.264. The molecule has 2 aromatic heterocycles. The molecule has 4 rings (SSSR count). The number of halogens is 6. The highest BCUT2D eigenvalue weighted by Gasteiger charge is 2.47. The van der Waals surface area contributed by atoms with E-state index in [1.807, 2.05) is 0 Å². The summed E-state index contributed by atoms with van der Waals surface area (Å²) in [5.41, 5.74) is 3.44. The van der Waals surface area contributed by atoms with Crippen LogP contribution in [-0.2, 0) is 78.8 Å². The second-order valence-corrected chi connectivity index (χ2v) is 17.9. The first-order valence-corrected chi connectivity index (χ1v) is 26.0. The van der Waals surface area contributed by atoms with Gasteiger partial charge in [0.1, 0.15) is 60.3 Å². The third kappa shape index (κ3) is 26.6. The van der Waals surface area contributed by atoms with Crippen LogP contribution in [0.1, 0.15) is 24.2 Å². The summed E-state index contributed by atoms with van der Waals surface area (Å²) in [6.45, 7) is 1.70. The second kappa shape index (κ2) is 38.5. The number of ether oxygens (including phenoxy) is 12. The summed E-state index contributed by atoms with van der Waals surface area (Å²) < 4.78 is 145. The van der Waals surface area contributed by atoms with Crippen LogP contribution in [0.2, 0.25) is 0 Å². The molecule has 82 heavy (non-hydrogen) atoms. The molecule has 2 aromatic rings. The van der Waals surface area contributed by atoms with Gasteiger partial charge in [-0.3, -0.25) is 19.6 Å². The monoisotopic (exact) mass is 1200 g/mol. The lowest BCUT2D eigenvalue weighted by Crippen LogP contribution is -2.62. The van der Waals surface area contributed by atoms with E-state index in [0.717, 1.165) is 12.4 Å². The number of aliphatic hydroxyl groups is 6. The van der Waals surface area contributed by atoms with Crippen LogP contribution >= 0.6 is 0 Å². The Balaban J connectivity index is 0.883. The van der Waals surface area contributed by atoms with Gasteiger partial charge < -0.3 is 114 Å². The zero-order chi connectivity index (χ0) is 59.8. The van der Waals surface area contributed by atoms with Crippen molar-refractivity contribution in [2.75, 3.05) is 156 Å². The van der Waals surface area contributed by atoms with Crippen LogP contribution < -0.4 is 27.0 Å². The zero-order valence-corrected chi connectivity index (χ0v) is 44.7. The Morgan fingerprint density at radius 1 is 0.512 bits per heavy atom. The Morgan fingerprint density at radius 3 is 1.20 bits per heavy atom. The summed E-state index contributed by atoms with van der Waals surface area (Å²) in [6, 6.07) is -3.06. The number of aromatic nitrogens is 4. The third-order valence-electron chi connectivity index (χ3n) is 11.5. The molecule has 2 aliphatic rings. The highest BCUT2D eigenvalue weighted by molar-refractivity contribution is 5.76. The maximum Gasteiger partial charge on any atom is 0.434 e. The Morgan fingerprint density at radius 2 is 0.854 bits per heavy atom. The van der Waals surface area contributed by atoms with E-state index in [9.17, 15) is 66.6 Å². The molecule has 0 aromatic carbocycles. The van der Waals surface area contributed by atoms with Gasteiger partial charge >= 0.3 is 12.4 Å². The number of hydrogen-bond acceptors (Lipinski definition) is 27. The number of amides is 2. The van der Waals surface area contributed by atoms with Crippen LogP contribution in [0.3, 0.4) is 0 Å². The molecule has 12 N–H and O–H groups in total. The van der Waals surface area contributed by atoms with E-state index in [4.69, 9.17) is 62.6 Å². The fraction of sp³-hybridized carbons (Fsp3) is 0.787. The topological polar surface area (TPSA) is 392 Å². The number of nitrogens with one attached hydrogen (secondary N) is 4. The maximum absolute atomic E-state index is 13.1. The van der Waals surface area contributed by atoms with Crippen molar-refractivity contribution in [3.63, 3.8) is 0 Å². The molecule has 2 fully saturated rings. The first-order chi connectivity index (χ1) is 39.3. The van der Waals surface area contributed by atoms with Gasteiger partial charge in [-0.25, -0.2) is 9.97 Å². The molecule has 0 spiro atoms. The van der Waals surface area contributed by atoms with Gasteiger partial charge in [0.05, 0.1) is 163 Å². The van der Waals surface area contributed by atoms with Crippen LogP contribution in [0.5, 0.6) is 0 Å². The molecule has 0 aliphatic carbocycles. The molecule has 4 heterocycles. The smallest absolute Gasteiger partial charge is 0.394 e. The molecule has 0 radical (unpaired) electrons. The van der Waals surface area contributed by atoms with Crippen molar-refractivity contribution in [1.29, 1.82) is 0 Å². The van der Waals surface area contributed by atoms with Crippen molar-refractivity contribution in [1.82, 2.24) is 30.6 Å². The van der Waals surface area contributed by atoms with Crippen molar-refractivity contribution in [2.24, 2.45) is 5.73 Å². The normalized spacial score (nSPS) is 23.2. The number of anilines is 2. The van der Waals surface area contributed by atoms with Gasteiger partial charge in [-0.15, -0.1) is 0 Å². The molecule has 0 bridgehead atoms. The van der Waals surface area contributed by atoms with Gasteiger partial charge in [-0.1, -0.05) is 0 Å². The fourth-order valence-electron chi connectivity index (χ4n) is 7.32. The van der Waals surface area contributed by atoms with Crippen LogP contribution in [0.4, 0.5) is 38.0 Å². The van der Waals surface area contributed by atoms with Gasteiger partial charge in [0.25, 0.3) is 0 Å². The summed E-state index contributed by atoms with van der Waals surface area (Å²) in [7, 11) is 0. The maximum atomic E-state index is 13.1. The number of nitrogens with zero attached hydrogens (tertiary/aromatic N) is 4. The Hall–Kier alpha value is -4.48. The van der Waals surface area contributed by atoms with E-state index in [1.165, 1.54) is 0 Å². The molecule has 35 heteroatoms. The van der Waals surface area contributed by atoms with E-state index in [-0.39, 0.29) is 168 Å². The van der Waals surface area contributed by atoms with Gasteiger partial charge in [-0.2, -0.15) is 26.3 Å². The second-order valence-electron chi connectivity index (χ2n) is 17.9. The summed E-state index contributed by atoms with van der Waals surface area (Å²) in [4.78, 5) is 38.1. The molecule has 2 aliphatic heterocycles. The minimum absolute atomic E-state index is 0.0289. The highest BCUT2D eigenvalue weighted by atomic mass is 19.4. The molecule has 2 amide bonds. The van der Waals surface area contributed by atoms with Crippen LogP contribution in [-0.4, -0.2) is 275 Å². The van der Waals surface area contributed by atoms with Gasteiger partial charge in [0, 0.05) is 25.9 Å². The summed E-state index contributed by atoms with van der Waals surface area (Å²) in [5, 5.41) is 71.4. The van der Waals surface area contributed by atoms with Crippen LogP contribution in [0.25, 0.3) is 0 Å². The predicted molar refractivity (Wildman–Crippen MR) is 266 cm³/mol. The first kappa shape index (κ1) is 70.0.